The molecule has 6 rings (SSSR count). The number of benzene rings is 1. The molecule has 196 valence electrons. The minimum absolute atomic E-state index is 0.000158. The third-order valence-corrected chi connectivity index (χ3v) is 7.60. The Morgan fingerprint density at radius 1 is 1.00 bits per heavy atom. The van der Waals surface area contributed by atoms with Crippen LogP contribution >= 0.6 is 11.6 Å². The molecule has 1 aromatic carbocycles. The van der Waals surface area contributed by atoms with E-state index in [0.29, 0.717) is 50.2 Å². The summed E-state index contributed by atoms with van der Waals surface area (Å²) in [5, 5.41) is 9.73. The first-order chi connectivity index (χ1) is 17.7. The van der Waals surface area contributed by atoms with Gasteiger partial charge in [-0.15, -0.1) is 10.2 Å². The molecule has 0 amide bonds. The van der Waals surface area contributed by atoms with Gasteiger partial charge in [0.15, 0.2) is 11.6 Å². The highest BCUT2D eigenvalue weighted by molar-refractivity contribution is 6.30. The quantitative estimate of drug-likeness (QED) is 0.470. The SMILES string of the molecule is Fc1cnc(N2CCC(c3nnc4n3-c3ccc(Cl)cc3CN(C3CN(CC(F)(F)F)C3)C4)CC2)nc1. The van der Waals surface area contributed by atoms with E-state index in [1.807, 2.05) is 23.1 Å². The standard InChI is InChI=1S/C24H25ClF4N8/c25-17-1-2-20-16(7-17)10-36(19-11-34(12-19)14-24(27,28)29)13-21-32-33-22(37(20)21)15-3-5-35(6-4-15)23-30-8-18(26)9-31-23/h1-2,7-9,15,19H,3-6,10-14H2. The first kappa shape index (κ1) is 24.5. The Hall–Kier alpha value is -2.83. The molecule has 0 unspecified atom stereocenters. The van der Waals surface area contributed by atoms with E-state index in [4.69, 9.17) is 11.6 Å². The van der Waals surface area contributed by atoms with Crippen molar-refractivity contribution in [3.8, 4) is 5.69 Å². The fourth-order valence-corrected chi connectivity index (χ4v) is 5.73. The summed E-state index contributed by atoms with van der Waals surface area (Å²) in [5.41, 5.74) is 1.95. The second kappa shape index (κ2) is 9.48. The lowest BCUT2D eigenvalue weighted by Crippen LogP contribution is -2.60. The zero-order chi connectivity index (χ0) is 25.7. The summed E-state index contributed by atoms with van der Waals surface area (Å²) < 4.78 is 53.7. The number of aromatic nitrogens is 5. The highest BCUT2D eigenvalue weighted by Crippen LogP contribution is 2.35. The van der Waals surface area contributed by atoms with E-state index in [-0.39, 0.29) is 12.0 Å². The van der Waals surface area contributed by atoms with Crippen LogP contribution in [0.3, 0.4) is 0 Å². The van der Waals surface area contributed by atoms with Gasteiger partial charge in [0.1, 0.15) is 5.82 Å². The number of nitrogens with zero attached hydrogens (tertiary/aromatic N) is 8. The first-order valence-electron chi connectivity index (χ1n) is 12.2. The zero-order valence-corrected chi connectivity index (χ0v) is 20.6. The molecule has 0 radical (unpaired) electrons. The summed E-state index contributed by atoms with van der Waals surface area (Å²) in [6.07, 6.45) is -0.241. The fourth-order valence-electron chi connectivity index (χ4n) is 5.54. The van der Waals surface area contributed by atoms with Gasteiger partial charge < -0.3 is 4.90 Å². The first-order valence-corrected chi connectivity index (χ1v) is 12.6. The number of piperidine rings is 1. The number of fused-ring (bicyclic) bond motifs is 3. The summed E-state index contributed by atoms with van der Waals surface area (Å²) in [6.45, 7) is 2.31. The highest BCUT2D eigenvalue weighted by Gasteiger charge is 2.40. The number of anilines is 1. The van der Waals surface area contributed by atoms with Crippen molar-refractivity contribution in [1.82, 2.24) is 34.5 Å². The van der Waals surface area contributed by atoms with Crippen LogP contribution in [0.5, 0.6) is 0 Å². The molecule has 3 aromatic rings. The lowest BCUT2D eigenvalue weighted by atomic mass is 9.95. The molecular formula is C24H25ClF4N8. The normalized spacial score (nSPS) is 19.9. The molecule has 0 bridgehead atoms. The van der Waals surface area contributed by atoms with Crippen molar-refractivity contribution in [3.05, 3.63) is 58.6 Å². The maximum absolute atomic E-state index is 13.2. The number of hydrogen-bond acceptors (Lipinski definition) is 7. The summed E-state index contributed by atoms with van der Waals surface area (Å²) in [7, 11) is 0. The number of hydrogen-bond donors (Lipinski definition) is 0. The van der Waals surface area contributed by atoms with Crippen LogP contribution in [0, 0.1) is 5.82 Å². The van der Waals surface area contributed by atoms with Crippen molar-refractivity contribution < 1.29 is 17.6 Å². The van der Waals surface area contributed by atoms with Gasteiger partial charge in [0.2, 0.25) is 5.95 Å². The predicted molar refractivity (Wildman–Crippen MR) is 128 cm³/mol. The lowest BCUT2D eigenvalue weighted by molar-refractivity contribution is -0.161. The van der Waals surface area contributed by atoms with E-state index in [0.717, 1.165) is 35.7 Å². The summed E-state index contributed by atoms with van der Waals surface area (Å²) in [4.78, 5) is 13.8. The van der Waals surface area contributed by atoms with Gasteiger partial charge in [-0.3, -0.25) is 14.4 Å². The molecule has 0 N–H and O–H groups in total. The Morgan fingerprint density at radius 3 is 2.43 bits per heavy atom. The van der Waals surface area contributed by atoms with Crippen LogP contribution in [0.25, 0.3) is 5.69 Å². The van der Waals surface area contributed by atoms with Crippen molar-refractivity contribution in [2.75, 3.05) is 37.6 Å². The average Bonchev–Trinajstić information content (AvgIpc) is 3.17. The minimum Gasteiger partial charge on any atom is -0.341 e. The molecule has 0 aliphatic carbocycles. The molecule has 13 heteroatoms. The van der Waals surface area contributed by atoms with Crippen LogP contribution < -0.4 is 4.90 Å². The second-order valence-electron chi connectivity index (χ2n) is 9.91. The molecule has 0 saturated carbocycles. The maximum atomic E-state index is 13.2. The molecule has 0 atom stereocenters. The van der Waals surface area contributed by atoms with Gasteiger partial charge in [-0.1, -0.05) is 11.6 Å². The van der Waals surface area contributed by atoms with Crippen molar-refractivity contribution >= 4 is 17.5 Å². The summed E-state index contributed by atoms with van der Waals surface area (Å²) >= 11 is 6.34. The zero-order valence-electron chi connectivity index (χ0n) is 19.9. The van der Waals surface area contributed by atoms with Crippen molar-refractivity contribution in [3.63, 3.8) is 0 Å². The van der Waals surface area contributed by atoms with Crippen LogP contribution in [-0.2, 0) is 13.1 Å². The molecule has 2 aromatic heterocycles. The van der Waals surface area contributed by atoms with Crippen LogP contribution in [-0.4, -0.2) is 79.5 Å². The van der Waals surface area contributed by atoms with Gasteiger partial charge in [0, 0.05) is 49.7 Å². The molecule has 0 spiro atoms. The van der Waals surface area contributed by atoms with Crippen molar-refractivity contribution in [2.24, 2.45) is 0 Å². The van der Waals surface area contributed by atoms with Crippen LogP contribution in [0.2, 0.25) is 5.02 Å². The Morgan fingerprint density at radius 2 is 1.73 bits per heavy atom. The summed E-state index contributed by atoms with van der Waals surface area (Å²) in [6, 6.07) is 5.73. The van der Waals surface area contributed by atoms with Crippen molar-refractivity contribution in [2.45, 2.75) is 44.1 Å². The Kier molecular flexibility index (Phi) is 6.28. The second-order valence-corrected chi connectivity index (χ2v) is 10.3. The molecule has 5 heterocycles. The van der Waals surface area contributed by atoms with Gasteiger partial charge in [-0.05, 0) is 36.6 Å². The Balaban J connectivity index is 1.23. The molecule has 3 aliphatic rings. The molecule has 37 heavy (non-hydrogen) atoms. The van der Waals surface area contributed by atoms with Crippen LogP contribution in [0.1, 0.15) is 36.0 Å². The largest absolute Gasteiger partial charge is 0.401 e. The highest BCUT2D eigenvalue weighted by atomic mass is 35.5. The smallest absolute Gasteiger partial charge is 0.341 e. The topological polar surface area (TPSA) is 66.2 Å². The van der Waals surface area contributed by atoms with Gasteiger partial charge in [-0.25, -0.2) is 14.4 Å². The monoisotopic (exact) mass is 536 g/mol. The van der Waals surface area contributed by atoms with Crippen molar-refractivity contribution in [1.29, 1.82) is 0 Å². The van der Waals surface area contributed by atoms with Gasteiger partial charge in [-0.2, -0.15) is 13.2 Å². The molecule has 3 aliphatic heterocycles. The van der Waals surface area contributed by atoms with Gasteiger partial charge in [0.05, 0.1) is 31.2 Å². The minimum atomic E-state index is -4.20. The van der Waals surface area contributed by atoms with Gasteiger partial charge >= 0.3 is 6.18 Å². The Labute approximate surface area is 215 Å². The van der Waals surface area contributed by atoms with E-state index in [1.54, 1.807) is 0 Å². The predicted octanol–water partition coefficient (Wildman–Crippen LogP) is 3.80. The molecule has 2 saturated heterocycles. The molecule has 8 nitrogen and oxygen atoms in total. The van der Waals surface area contributed by atoms with E-state index in [1.165, 1.54) is 17.3 Å². The lowest BCUT2D eigenvalue weighted by Gasteiger charge is -2.45. The maximum Gasteiger partial charge on any atom is 0.401 e. The van der Waals surface area contributed by atoms with E-state index >= 15 is 0 Å². The summed E-state index contributed by atoms with van der Waals surface area (Å²) in [5.74, 6) is 1.84. The van der Waals surface area contributed by atoms with E-state index < -0.39 is 18.5 Å². The number of rotatable bonds is 4. The Bertz CT molecular complexity index is 1270. The average molecular weight is 537 g/mol. The number of likely N-dealkylation sites (tertiary alicyclic amines) is 1. The molecular weight excluding hydrogens is 512 g/mol. The van der Waals surface area contributed by atoms with E-state index in [2.05, 4.69) is 29.6 Å². The van der Waals surface area contributed by atoms with Gasteiger partial charge in [0.25, 0.3) is 0 Å². The fraction of sp³-hybridized carbons (Fsp3) is 0.500. The molecule has 2 fully saturated rings. The van der Waals surface area contributed by atoms with Crippen LogP contribution in [0.15, 0.2) is 30.6 Å². The number of alkyl halides is 3. The third kappa shape index (κ3) is 5.01. The number of halogens is 5. The van der Waals surface area contributed by atoms with Crippen LogP contribution in [0.4, 0.5) is 23.5 Å². The van der Waals surface area contributed by atoms with E-state index in [9.17, 15) is 17.6 Å². The third-order valence-electron chi connectivity index (χ3n) is 7.36.